The molecule has 0 bridgehead atoms. The van der Waals surface area contributed by atoms with Crippen LogP contribution in [0.2, 0.25) is 0 Å². The molecule has 192 valence electrons. The summed E-state index contributed by atoms with van der Waals surface area (Å²) in [6.45, 7) is 5.64. The number of hydrogen-bond acceptors (Lipinski definition) is 7. The summed E-state index contributed by atoms with van der Waals surface area (Å²) in [6.07, 6.45) is -0.129. The van der Waals surface area contributed by atoms with Crippen LogP contribution in [0.5, 0.6) is 11.5 Å². The van der Waals surface area contributed by atoms with E-state index in [9.17, 15) is 19.2 Å². The van der Waals surface area contributed by atoms with Gasteiger partial charge in [0.1, 0.15) is 11.5 Å². The van der Waals surface area contributed by atoms with Gasteiger partial charge in [0, 0.05) is 18.1 Å². The molecule has 1 atom stereocenters. The molecule has 36 heavy (non-hydrogen) atoms. The van der Waals surface area contributed by atoms with Gasteiger partial charge in [-0.25, -0.2) is 0 Å². The van der Waals surface area contributed by atoms with Crippen molar-refractivity contribution in [2.75, 3.05) is 32.7 Å². The van der Waals surface area contributed by atoms with Crippen molar-refractivity contribution in [3.05, 3.63) is 53.6 Å². The average Bonchev–Trinajstić information content (AvgIpc) is 3.22. The number of benzene rings is 2. The summed E-state index contributed by atoms with van der Waals surface area (Å²) in [6, 6.07) is 12.0. The van der Waals surface area contributed by atoms with Crippen molar-refractivity contribution in [3.63, 3.8) is 0 Å². The van der Waals surface area contributed by atoms with Crippen LogP contribution in [-0.4, -0.2) is 56.1 Å². The van der Waals surface area contributed by atoms with E-state index in [0.717, 1.165) is 10.6 Å². The lowest BCUT2D eigenvalue weighted by Crippen LogP contribution is -2.43. The summed E-state index contributed by atoms with van der Waals surface area (Å²) in [5, 5.41) is 3.71. The van der Waals surface area contributed by atoms with Crippen molar-refractivity contribution in [1.29, 1.82) is 0 Å². The lowest BCUT2D eigenvalue weighted by atomic mass is 9.87. The molecule has 10 nitrogen and oxygen atoms in total. The fourth-order valence-corrected chi connectivity index (χ4v) is 3.62. The Labute approximate surface area is 209 Å². The van der Waals surface area contributed by atoms with Crippen molar-refractivity contribution in [2.45, 2.75) is 32.6 Å². The molecule has 0 spiro atoms. The monoisotopic (exact) mass is 497 g/mol. The molecule has 3 rings (SSSR count). The molecular weight excluding hydrogens is 466 g/mol. The Kier molecular flexibility index (Phi) is 8.18. The van der Waals surface area contributed by atoms with Crippen LogP contribution in [0.4, 0.5) is 5.69 Å². The van der Waals surface area contributed by atoms with E-state index in [-0.39, 0.29) is 18.4 Å². The van der Waals surface area contributed by atoms with Crippen LogP contribution < -0.4 is 20.2 Å². The molecule has 2 aromatic carbocycles. The van der Waals surface area contributed by atoms with Crippen LogP contribution in [0.15, 0.2) is 42.5 Å². The molecule has 1 fully saturated rings. The smallest absolute Gasteiger partial charge is 0.311 e. The zero-order valence-corrected chi connectivity index (χ0v) is 21.0. The highest BCUT2D eigenvalue weighted by molar-refractivity contribution is 5.97. The molecule has 0 aliphatic carbocycles. The molecule has 2 aromatic rings. The van der Waals surface area contributed by atoms with Gasteiger partial charge in [0.2, 0.25) is 5.91 Å². The Bertz CT molecular complexity index is 1140. The molecule has 0 unspecified atom stereocenters. The second-order valence-corrected chi connectivity index (χ2v) is 9.40. The van der Waals surface area contributed by atoms with E-state index in [2.05, 4.69) is 31.5 Å². The summed E-state index contributed by atoms with van der Waals surface area (Å²) in [4.78, 5) is 49.6. The van der Waals surface area contributed by atoms with Gasteiger partial charge in [-0.1, -0.05) is 32.9 Å². The largest absolute Gasteiger partial charge is 0.497 e. The van der Waals surface area contributed by atoms with Crippen molar-refractivity contribution < 1.29 is 33.4 Å². The van der Waals surface area contributed by atoms with Crippen molar-refractivity contribution in [2.24, 2.45) is 5.92 Å². The number of hydrazine groups is 1. The van der Waals surface area contributed by atoms with Gasteiger partial charge in [-0.2, -0.15) is 0 Å². The Balaban J connectivity index is 1.50. The summed E-state index contributed by atoms with van der Waals surface area (Å²) >= 11 is 0. The first-order valence-corrected chi connectivity index (χ1v) is 11.4. The van der Waals surface area contributed by atoms with Gasteiger partial charge in [0.15, 0.2) is 6.61 Å². The lowest BCUT2D eigenvalue weighted by Gasteiger charge is -2.20. The Morgan fingerprint density at radius 3 is 2.33 bits per heavy atom. The van der Waals surface area contributed by atoms with E-state index >= 15 is 0 Å². The molecule has 1 heterocycles. The third-order valence-corrected chi connectivity index (χ3v) is 5.74. The molecule has 1 aliphatic rings. The third-order valence-electron chi connectivity index (χ3n) is 5.74. The third kappa shape index (κ3) is 6.53. The predicted molar refractivity (Wildman–Crippen MR) is 132 cm³/mol. The zero-order valence-electron chi connectivity index (χ0n) is 21.0. The zero-order chi connectivity index (χ0) is 26.5. The van der Waals surface area contributed by atoms with Gasteiger partial charge >= 0.3 is 5.97 Å². The van der Waals surface area contributed by atoms with E-state index in [1.807, 2.05) is 12.1 Å². The van der Waals surface area contributed by atoms with Gasteiger partial charge in [0.05, 0.1) is 32.4 Å². The van der Waals surface area contributed by atoms with Crippen LogP contribution in [0.25, 0.3) is 0 Å². The molecule has 2 N–H and O–H groups in total. The van der Waals surface area contributed by atoms with Gasteiger partial charge in [-0.15, -0.1) is 0 Å². The van der Waals surface area contributed by atoms with Crippen LogP contribution in [-0.2, 0) is 24.5 Å². The topological polar surface area (TPSA) is 123 Å². The number of rotatable bonds is 8. The minimum absolute atomic E-state index is 0.0442. The summed E-state index contributed by atoms with van der Waals surface area (Å²) in [7, 11) is 2.96. The average molecular weight is 498 g/mol. The Hall–Kier alpha value is -4.08. The number of carbonyl (C=O) groups is 4. The highest BCUT2D eigenvalue weighted by atomic mass is 16.5. The van der Waals surface area contributed by atoms with Gasteiger partial charge in [-0.3, -0.25) is 29.6 Å². The van der Waals surface area contributed by atoms with Crippen molar-refractivity contribution >= 4 is 29.4 Å². The minimum Gasteiger partial charge on any atom is -0.497 e. The van der Waals surface area contributed by atoms with Crippen LogP contribution in [0.3, 0.4) is 0 Å². The molecule has 0 saturated carbocycles. The van der Waals surface area contributed by atoms with E-state index in [4.69, 9.17) is 14.2 Å². The molecule has 3 amide bonds. The SMILES string of the molecule is COc1ccc(NC(=O)COC(=O)[C@@H]2CC(=O)N(NC(=O)c3ccc(C(C)(C)C)cc3)C2)c(OC)c1. The Morgan fingerprint density at radius 2 is 1.72 bits per heavy atom. The molecule has 0 aromatic heterocycles. The number of nitrogens with zero attached hydrogens (tertiary/aromatic N) is 1. The maximum absolute atomic E-state index is 12.6. The second kappa shape index (κ2) is 11.1. The standard InChI is InChI=1S/C26H31N3O7/c1-26(2,3)18-8-6-16(7-9-18)24(32)28-29-14-17(12-23(29)31)25(33)36-15-22(30)27-20-11-10-19(34-4)13-21(20)35-5/h6-11,13,17H,12,14-15H2,1-5H3,(H,27,30)(H,28,32)/t17-/m1/s1. The number of ether oxygens (including phenoxy) is 3. The summed E-state index contributed by atoms with van der Waals surface area (Å²) in [5.41, 5.74) is 4.35. The molecule has 0 radical (unpaired) electrons. The Morgan fingerprint density at radius 1 is 1.03 bits per heavy atom. The number of nitrogens with one attached hydrogen (secondary N) is 2. The fraction of sp³-hybridized carbons (Fsp3) is 0.385. The van der Waals surface area contributed by atoms with E-state index < -0.39 is 36.2 Å². The van der Waals surface area contributed by atoms with Crippen molar-refractivity contribution in [3.8, 4) is 11.5 Å². The quantitative estimate of drug-likeness (QED) is 0.538. The first-order chi connectivity index (χ1) is 17.0. The maximum Gasteiger partial charge on any atom is 0.311 e. The van der Waals surface area contributed by atoms with Crippen molar-refractivity contribution in [1.82, 2.24) is 10.4 Å². The number of methoxy groups -OCH3 is 2. The normalized spacial score (nSPS) is 15.3. The fourth-order valence-electron chi connectivity index (χ4n) is 3.62. The number of amides is 3. The van der Waals surface area contributed by atoms with Crippen LogP contribution in [0.1, 0.15) is 43.1 Å². The summed E-state index contributed by atoms with van der Waals surface area (Å²) < 4.78 is 15.4. The molecular formula is C26H31N3O7. The second-order valence-electron chi connectivity index (χ2n) is 9.40. The first-order valence-electron chi connectivity index (χ1n) is 11.4. The number of anilines is 1. The van der Waals surface area contributed by atoms with Gasteiger partial charge in [0.25, 0.3) is 11.8 Å². The van der Waals surface area contributed by atoms with Gasteiger partial charge < -0.3 is 19.5 Å². The summed E-state index contributed by atoms with van der Waals surface area (Å²) in [5.74, 6) is -2.00. The number of esters is 1. The lowest BCUT2D eigenvalue weighted by molar-refractivity contribution is -0.151. The highest BCUT2D eigenvalue weighted by Gasteiger charge is 2.36. The molecule has 1 saturated heterocycles. The van der Waals surface area contributed by atoms with Gasteiger partial charge in [-0.05, 0) is 35.2 Å². The molecule has 10 heteroatoms. The van der Waals surface area contributed by atoms with Crippen LogP contribution in [0, 0.1) is 5.92 Å². The van der Waals surface area contributed by atoms with E-state index in [1.165, 1.54) is 14.2 Å². The van der Waals surface area contributed by atoms with E-state index in [0.29, 0.717) is 22.7 Å². The predicted octanol–water partition coefficient (Wildman–Crippen LogP) is 2.68. The highest BCUT2D eigenvalue weighted by Crippen LogP contribution is 2.29. The molecule has 1 aliphatic heterocycles. The number of hydrogen-bond donors (Lipinski definition) is 2. The minimum atomic E-state index is -0.801. The maximum atomic E-state index is 12.6. The first kappa shape index (κ1) is 26.5. The van der Waals surface area contributed by atoms with Crippen LogP contribution >= 0.6 is 0 Å². The number of carbonyl (C=O) groups excluding carboxylic acids is 4. The van der Waals surface area contributed by atoms with E-state index in [1.54, 1.807) is 30.3 Å².